The minimum absolute atomic E-state index is 0.0533. The summed E-state index contributed by atoms with van der Waals surface area (Å²) in [6.45, 7) is 3.94. The SMILES string of the molecule is C/C(=C\c1ccccc1)CN/N=C(\C)C(=O)O. The number of hydrazone groups is 1. The molecule has 2 N–H and O–H groups in total. The zero-order valence-corrected chi connectivity index (χ0v) is 9.97. The number of rotatable bonds is 5. The van der Waals surface area contributed by atoms with Gasteiger partial charge >= 0.3 is 5.97 Å². The Hall–Kier alpha value is -2.10. The molecule has 0 saturated carbocycles. The second-order valence-electron chi connectivity index (χ2n) is 3.74. The number of hydrogen-bond acceptors (Lipinski definition) is 3. The van der Waals surface area contributed by atoms with Gasteiger partial charge in [-0.2, -0.15) is 5.10 Å². The van der Waals surface area contributed by atoms with Gasteiger partial charge in [0.15, 0.2) is 0 Å². The van der Waals surface area contributed by atoms with Crippen molar-refractivity contribution in [3.8, 4) is 0 Å². The van der Waals surface area contributed by atoms with E-state index in [-0.39, 0.29) is 5.71 Å². The molecular formula is C13H16N2O2. The quantitative estimate of drug-likeness (QED) is 0.604. The number of nitrogens with one attached hydrogen (secondary N) is 1. The summed E-state index contributed by atoms with van der Waals surface area (Å²) in [5, 5.41) is 12.3. The maximum absolute atomic E-state index is 10.5. The Morgan fingerprint density at radius 1 is 1.35 bits per heavy atom. The summed E-state index contributed by atoms with van der Waals surface area (Å²) in [4.78, 5) is 10.5. The Kier molecular flexibility index (Phi) is 4.94. The predicted molar refractivity (Wildman–Crippen MR) is 68.8 cm³/mol. The molecule has 0 aliphatic heterocycles. The van der Waals surface area contributed by atoms with Crippen molar-refractivity contribution >= 4 is 17.8 Å². The van der Waals surface area contributed by atoms with E-state index in [0.29, 0.717) is 6.54 Å². The fraction of sp³-hybridized carbons (Fsp3) is 0.231. The van der Waals surface area contributed by atoms with Gasteiger partial charge in [0, 0.05) is 0 Å². The first kappa shape index (κ1) is 13.0. The molecule has 4 nitrogen and oxygen atoms in total. The molecule has 0 atom stereocenters. The van der Waals surface area contributed by atoms with Crippen molar-refractivity contribution in [3.05, 3.63) is 41.5 Å². The monoisotopic (exact) mass is 232 g/mol. The van der Waals surface area contributed by atoms with Crippen molar-refractivity contribution in [1.29, 1.82) is 0 Å². The van der Waals surface area contributed by atoms with Gasteiger partial charge in [-0.3, -0.25) is 0 Å². The second-order valence-corrected chi connectivity index (χ2v) is 3.74. The number of benzene rings is 1. The molecule has 0 bridgehead atoms. The Bertz CT molecular complexity index is 436. The van der Waals surface area contributed by atoms with E-state index >= 15 is 0 Å². The average molecular weight is 232 g/mol. The summed E-state index contributed by atoms with van der Waals surface area (Å²) >= 11 is 0. The summed E-state index contributed by atoms with van der Waals surface area (Å²) in [5.74, 6) is -1.01. The lowest BCUT2D eigenvalue weighted by molar-refractivity contribution is -0.129. The summed E-state index contributed by atoms with van der Waals surface area (Å²) in [5.41, 5.74) is 4.98. The smallest absolute Gasteiger partial charge is 0.351 e. The topological polar surface area (TPSA) is 61.7 Å². The standard InChI is InChI=1S/C13H16N2O2/c1-10(8-12-6-4-3-5-7-12)9-14-15-11(2)13(16)17/h3-8,14H,9H2,1-2H3,(H,16,17)/b10-8+,15-11+. The zero-order valence-electron chi connectivity index (χ0n) is 9.97. The van der Waals surface area contributed by atoms with Crippen LogP contribution in [-0.4, -0.2) is 23.3 Å². The van der Waals surface area contributed by atoms with Crippen molar-refractivity contribution in [2.75, 3.05) is 6.54 Å². The Morgan fingerprint density at radius 2 is 2.00 bits per heavy atom. The van der Waals surface area contributed by atoms with Gasteiger partial charge in [0.25, 0.3) is 0 Å². The summed E-state index contributed by atoms with van der Waals surface area (Å²) < 4.78 is 0. The largest absolute Gasteiger partial charge is 0.477 e. The summed E-state index contributed by atoms with van der Waals surface area (Å²) in [6, 6.07) is 9.93. The Labute approximate surface area is 101 Å². The van der Waals surface area contributed by atoms with Gasteiger partial charge in [-0.1, -0.05) is 42.0 Å². The zero-order chi connectivity index (χ0) is 12.7. The van der Waals surface area contributed by atoms with Crippen LogP contribution in [-0.2, 0) is 4.79 Å². The van der Waals surface area contributed by atoms with E-state index < -0.39 is 5.97 Å². The third-order valence-corrected chi connectivity index (χ3v) is 2.13. The van der Waals surface area contributed by atoms with E-state index in [2.05, 4.69) is 10.5 Å². The molecule has 0 spiro atoms. The van der Waals surface area contributed by atoms with Crippen LogP contribution in [0.25, 0.3) is 6.08 Å². The normalized spacial score (nSPS) is 12.4. The van der Waals surface area contributed by atoms with E-state index in [1.165, 1.54) is 6.92 Å². The van der Waals surface area contributed by atoms with E-state index in [1.54, 1.807) is 0 Å². The van der Waals surface area contributed by atoms with E-state index in [1.807, 2.05) is 43.3 Å². The van der Waals surface area contributed by atoms with Crippen LogP contribution >= 0.6 is 0 Å². The number of carboxylic acids is 1. The van der Waals surface area contributed by atoms with Crippen LogP contribution in [0.4, 0.5) is 0 Å². The first-order valence-electron chi connectivity index (χ1n) is 5.32. The molecule has 0 aromatic heterocycles. The second kappa shape index (κ2) is 6.48. The minimum atomic E-state index is -1.01. The Balaban J connectivity index is 2.51. The van der Waals surface area contributed by atoms with Gasteiger partial charge in [0.1, 0.15) is 5.71 Å². The average Bonchev–Trinajstić information content (AvgIpc) is 2.30. The molecule has 90 valence electrons. The maximum Gasteiger partial charge on any atom is 0.351 e. The van der Waals surface area contributed by atoms with Crippen molar-refractivity contribution in [1.82, 2.24) is 5.43 Å². The summed E-state index contributed by atoms with van der Waals surface area (Å²) in [7, 11) is 0. The fourth-order valence-electron chi connectivity index (χ4n) is 1.22. The van der Waals surface area contributed by atoms with Gasteiger partial charge in [0.2, 0.25) is 0 Å². The van der Waals surface area contributed by atoms with Crippen LogP contribution in [0.15, 0.2) is 41.0 Å². The van der Waals surface area contributed by atoms with Gasteiger partial charge in [-0.15, -0.1) is 0 Å². The molecule has 1 rings (SSSR count). The first-order chi connectivity index (χ1) is 8.09. The van der Waals surface area contributed by atoms with Crippen LogP contribution < -0.4 is 5.43 Å². The molecule has 0 radical (unpaired) electrons. The Morgan fingerprint density at radius 3 is 2.59 bits per heavy atom. The fourth-order valence-corrected chi connectivity index (χ4v) is 1.22. The molecule has 1 aromatic carbocycles. The van der Waals surface area contributed by atoms with E-state index in [4.69, 9.17) is 5.11 Å². The molecule has 1 aromatic rings. The third-order valence-electron chi connectivity index (χ3n) is 2.13. The minimum Gasteiger partial charge on any atom is -0.477 e. The maximum atomic E-state index is 10.5. The van der Waals surface area contributed by atoms with Crippen molar-refractivity contribution in [2.45, 2.75) is 13.8 Å². The van der Waals surface area contributed by atoms with Crippen molar-refractivity contribution in [3.63, 3.8) is 0 Å². The number of carboxylic acid groups (broad SMARTS) is 1. The molecule has 0 aliphatic rings. The molecule has 0 amide bonds. The van der Waals surface area contributed by atoms with Gasteiger partial charge in [-0.25, -0.2) is 4.79 Å². The van der Waals surface area contributed by atoms with Crippen LogP contribution in [0.1, 0.15) is 19.4 Å². The number of nitrogens with zero attached hydrogens (tertiary/aromatic N) is 1. The first-order valence-corrected chi connectivity index (χ1v) is 5.32. The molecule has 0 saturated heterocycles. The highest BCUT2D eigenvalue weighted by molar-refractivity contribution is 6.34. The van der Waals surface area contributed by atoms with Crippen LogP contribution in [0.5, 0.6) is 0 Å². The lowest BCUT2D eigenvalue weighted by Gasteiger charge is -2.02. The van der Waals surface area contributed by atoms with Gasteiger partial charge in [0.05, 0.1) is 6.54 Å². The van der Waals surface area contributed by atoms with E-state index in [9.17, 15) is 4.79 Å². The van der Waals surface area contributed by atoms with Crippen LogP contribution in [0.2, 0.25) is 0 Å². The number of carbonyl (C=O) groups is 1. The third kappa shape index (κ3) is 4.97. The highest BCUT2D eigenvalue weighted by Crippen LogP contribution is 2.04. The van der Waals surface area contributed by atoms with Crippen LogP contribution in [0.3, 0.4) is 0 Å². The van der Waals surface area contributed by atoms with Crippen molar-refractivity contribution < 1.29 is 9.90 Å². The lowest BCUT2D eigenvalue weighted by atomic mass is 10.1. The number of aliphatic carboxylic acids is 1. The highest BCUT2D eigenvalue weighted by Gasteiger charge is 1.99. The van der Waals surface area contributed by atoms with E-state index in [0.717, 1.165) is 11.1 Å². The molecule has 4 heteroatoms. The van der Waals surface area contributed by atoms with Crippen molar-refractivity contribution in [2.24, 2.45) is 5.10 Å². The summed E-state index contributed by atoms with van der Waals surface area (Å²) in [6.07, 6.45) is 2.03. The predicted octanol–water partition coefficient (Wildman–Crippen LogP) is 2.14. The molecule has 0 aliphatic carbocycles. The van der Waals surface area contributed by atoms with Gasteiger partial charge < -0.3 is 10.5 Å². The van der Waals surface area contributed by atoms with Crippen LogP contribution in [0, 0.1) is 0 Å². The number of hydrogen-bond donors (Lipinski definition) is 2. The molecule has 0 unspecified atom stereocenters. The van der Waals surface area contributed by atoms with Gasteiger partial charge in [-0.05, 0) is 19.4 Å². The highest BCUT2D eigenvalue weighted by atomic mass is 16.4. The molecule has 17 heavy (non-hydrogen) atoms. The lowest BCUT2D eigenvalue weighted by Crippen LogP contribution is -2.16. The molecule has 0 heterocycles. The molecular weight excluding hydrogens is 216 g/mol. The molecule has 0 fully saturated rings.